The molecule has 0 bridgehead atoms. The van der Waals surface area contributed by atoms with Crippen molar-refractivity contribution in [2.24, 2.45) is 0 Å². The summed E-state index contributed by atoms with van der Waals surface area (Å²) in [5, 5.41) is 7.78. The molecular weight excluding hydrogens is 598 g/mol. The number of nitrogens with zero attached hydrogens (tertiary/aromatic N) is 5. The molecule has 0 saturated carbocycles. The van der Waals surface area contributed by atoms with E-state index in [1.54, 1.807) is 12.1 Å². The van der Waals surface area contributed by atoms with E-state index in [-0.39, 0.29) is 23.6 Å². The van der Waals surface area contributed by atoms with Crippen molar-refractivity contribution in [2.75, 3.05) is 42.6 Å². The predicted octanol–water partition coefficient (Wildman–Crippen LogP) is 7.52. The lowest BCUT2D eigenvalue weighted by molar-refractivity contribution is 0.0540. The Balaban J connectivity index is 0.000000416. The van der Waals surface area contributed by atoms with Crippen LogP contribution in [0.15, 0.2) is 30.5 Å². The first-order chi connectivity index (χ1) is 21.0. The van der Waals surface area contributed by atoms with Gasteiger partial charge >= 0.3 is 6.09 Å². The normalized spacial score (nSPS) is 16.4. The van der Waals surface area contributed by atoms with Crippen molar-refractivity contribution in [3.8, 4) is 0 Å². The summed E-state index contributed by atoms with van der Waals surface area (Å²) in [4.78, 5) is 33.4. The van der Waals surface area contributed by atoms with Crippen LogP contribution in [-0.2, 0) is 4.74 Å². The number of amides is 2. The molecule has 0 aliphatic carbocycles. The topological polar surface area (TPSA) is 104 Å². The van der Waals surface area contributed by atoms with Gasteiger partial charge in [-0.05, 0) is 78.0 Å². The summed E-state index contributed by atoms with van der Waals surface area (Å²) in [6.45, 7) is 14.4. The number of alkyl carbamates (subject to hydrolysis) is 1. The fourth-order valence-corrected chi connectivity index (χ4v) is 5.86. The highest BCUT2D eigenvalue weighted by atomic mass is 35.5. The molecule has 0 radical (unpaired) electrons. The third-order valence-electron chi connectivity index (χ3n) is 7.16. The number of nitrogens with one attached hydrogen (secondary N) is 2. The smallest absolute Gasteiger partial charge is 0.407 e. The number of halogens is 1. The molecule has 2 aromatic heterocycles. The lowest BCUT2D eigenvalue weighted by Gasteiger charge is -2.35. The van der Waals surface area contributed by atoms with Crippen LogP contribution in [0.1, 0.15) is 94.4 Å². The van der Waals surface area contributed by atoms with Gasteiger partial charge in [0, 0.05) is 55.8 Å². The summed E-state index contributed by atoms with van der Waals surface area (Å²) in [5.74, 6) is 1.03. The molecule has 1 unspecified atom stereocenters. The SMILES string of the molecule is CC.CNC(=O)OC(C)(C)C.CSNc1ccc(Cl)cc1C(=O)N1CCCCC1c1cc2nc(N3CCCC3)c(C)cn2n1. The van der Waals surface area contributed by atoms with Gasteiger partial charge in [-0.15, -0.1) is 0 Å². The van der Waals surface area contributed by atoms with Gasteiger partial charge in [0.1, 0.15) is 11.4 Å². The van der Waals surface area contributed by atoms with Gasteiger partial charge in [-0.2, -0.15) is 5.10 Å². The van der Waals surface area contributed by atoms with Gasteiger partial charge in [0.2, 0.25) is 0 Å². The average Bonchev–Trinajstić information content (AvgIpc) is 3.68. The Hall–Kier alpha value is -3.18. The zero-order valence-corrected chi connectivity index (χ0v) is 28.9. The van der Waals surface area contributed by atoms with E-state index in [4.69, 9.17) is 26.4 Å². The van der Waals surface area contributed by atoms with E-state index in [9.17, 15) is 9.59 Å². The van der Waals surface area contributed by atoms with Gasteiger partial charge in [-0.1, -0.05) is 37.4 Å². The molecule has 2 aliphatic heterocycles. The number of fused-ring (bicyclic) bond motifs is 1. The summed E-state index contributed by atoms with van der Waals surface area (Å²) in [7, 11) is 1.54. The van der Waals surface area contributed by atoms with E-state index in [0.717, 1.165) is 60.8 Å². The zero-order chi connectivity index (χ0) is 32.4. The van der Waals surface area contributed by atoms with Crippen LogP contribution in [0, 0.1) is 6.92 Å². The Bertz CT molecular complexity index is 1400. The van der Waals surface area contributed by atoms with Gasteiger partial charge in [0.25, 0.3) is 5.91 Å². The van der Waals surface area contributed by atoms with Crippen LogP contribution in [0.25, 0.3) is 5.65 Å². The molecule has 2 amide bonds. The maximum absolute atomic E-state index is 13.7. The molecule has 12 heteroatoms. The first kappa shape index (κ1) is 35.3. The number of piperidine rings is 1. The lowest BCUT2D eigenvalue weighted by Crippen LogP contribution is -2.39. The van der Waals surface area contributed by atoms with Gasteiger partial charge in [-0.3, -0.25) is 4.79 Å². The molecule has 3 aromatic rings. The number of hydrogen-bond donors (Lipinski definition) is 2. The predicted molar refractivity (Wildman–Crippen MR) is 182 cm³/mol. The van der Waals surface area contributed by atoms with Crippen LogP contribution < -0.4 is 14.9 Å². The zero-order valence-electron chi connectivity index (χ0n) is 27.4. The Labute approximate surface area is 271 Å². The minimum Gasteiger partial charge on any atom is -0.444 e. The fourth-order valence-electron chi connectivity index (χ4n) is 5.29. The van der Waals surface area contributed by atoms with E-state index in [1.165, 1.54) is 31.8 Å². The first-order valence-electron chi connectivity index (χ1n) is 15.4. The number of benzene rings is 1. The number of aromatic nitrogens is 3. The van der Waals surface area contributed by atoms with Gasteiger partial charge < -0.3 is 24.6 Å². The largest absolute Gasteiger partial charge is 0.444 e. The summed E-state index contributed by atoms with van der Waals surface area (Å²) < 4.78 is 9.91. The Kier molecular flexibility index (Phi) is 13.0. The quantitative estimate of drug-likeness (QED) is 0.275. The number of ether oxygens (including phenoxy) is 1. The van der Waals surface area contributed by atoms with Crippen molar-refractivity contribution in [3.05, 3.63) is 52.3 Å². The summed E-state index contributed by atoms with van der Waals surface area (Å²) in [5.41, 5.74) is 3.85. The molecule has 0 spiro atoms. The molecule has 44 heavy (non-hydrogen) atoms. The van der Waals surface area contributed by atoms with Crippen molar-refractivity contribution >= 4 is 52.7 Å². The highest BCUT2D eigenvalue weighted by molar-refractivity contribution is 7.99. The molecule has 1 atom stereocenters. The number of hydrogen-bond acceptors (Lipinski definition) is 8. The molecule has 1 aromatic carbocycles. The summed E-state index contributed by atoms with van der Waals surface area (Å²) >= 11 is 7.72. The highest BCUT2D eigenvalue weighted by Gasteiger charge is 2.32. The molecule has 10 nitrogen and oxygen atoms in total. The number of carbonyl (C=O) groups excluding carboxylic acids is 2. The number of aryl methyl sites for hydroxylation is 1. The Morgan fingerprint density at radius 1 is 1.07 bits per heavy atom. The van der Waals surface area contributed by atoms with Crippen molar-refractivity contribution in [1.82, 2.24) is 24.8 Å². The van der Waals surface area contributed by atoms with Crippen molar-refractivity contribution in [1.29, 1.82) is 0 Å². The molecular formula is C32H48ClN7O3S. The monoisotopic (exact) mass is 645 g/mol. The van der Waals surface area contributed by atoms with Crippen molar-refractivity contribution in [2.45, 2.75) is 85.3 Å². The third kappa shape index (κ3) is 9.17. The van der Waals surface area contributed by atoms with Crippen molar-refractivity contribution < 1.29 is 14.3 Å². The number of likely N-dealkylation sites (tertiary alicyclic amines) is 1. The second-order valence-electron chi connectivity index (χ2n) is 11.6. The third-order valence-corrected chi connectivity index (χ3v) is 7.82. The van der Waals surface area contributed by atoms with E-state index in [1.807, 2.05) is 62.4 Å². The second-order valence-corrected chi connectivity index (χ2v) is 12.6. The van der Waals surface area contributed by atoms with E-state index in [0.29, 0.717) is 17.1 Å². The average molecular weight is 646 g/mol. The second kappa shape index (κ2) is 16.2. The van der Waals surface area contributed by atoms with Crippen LogP contribution in [0.2, 0.25) is 5.02 Å². The minimum absolute atomic E-state index is 0.0160. The standard InChI is InChI=1S/C24H29ClN6OS.C6H13NO2.C2H6/c1-16-15-31-22(26-23(16)29-10-5-6-11-29)14-20(27-31)21-7-3-4-12-30(21)24(32)18-13-17(25)8-9-19(18)28-33-2;1-6(2,3)9-5(8)7-4;1-2/h8-9,13-15,21,28H,3-7,10-12H2,1-2H3;1-4H3,(H,7,8);1-2H3. The summed E-state index contributed by atoms with van der Waals surface area (Å²) in [6.07, 6.45) is 8.99. The van der Waals surface area contributed by atoms with Crippen LogP contribution in [0.4, 0.5) is 16.3 Å². The van der Waals surface area contributed by atoms with E-state index < -0.39 is 0 Å². The summed E-state index contributed by atoms with van der Waals surface area (Å²) in [6, 6.07) is 7.39. The molecule has 242 valence electrons. The molecule has 2 saturated heterocycles. The van der Waals surface area contributed by atoms with E-state index in [2.05, 4.69) is 28.1 Å². The molecule has 2 fully saturated rings. The number of rotatable bonds is 5. The van der Waals surface area contributed by atoms with Gasteiger partial charge in [-0.25, -0.2) is 14.3 Å². The van der Waals surface area contributed by atoms with Crippen LogP contribution >= 0.6 is 23.5 Å². The van der Waals surface area contributed by atoms with Crippen LogP contribution in [0.3, 0.4) is 0 Å². The van der Waals surface area contributed by atoms with Crippen molar-refractivity contribution in [3.63, 3.8) is 0 Å². The van der Waals surface area contributed by atoms with E-state index >= 15 is 0 Å². The maximum Gasteiger partial charge on any atom is 0.407 e. The lowest BCUT2D eigenvalue weighted by atomic mass is 9.98. The molecule has 2 aliphatic rings. The number of carbonyl (C=O) groups is 2. The Morgan fingerprint density at radius 3 is 2.36 bits per heavy atom. The number of anilines is 2. The molecule has 4 heterocycles. The van der Waals surface area contributed by atoms with Gasteiger partial charge in [0.15, 0.2) is 5.65 Å². The maximum atomic E-state index is 13.7. The molecule has 2 N–H and O–H groups in total. The van der Waals surface area contributed by atoms with Crippen LogP contribution in [-0.4, -0.2) is 70.0 Å². The van der Waals surface area contributed by atoms with Gasteiger partial charge in [0.05, 0.1) is 23.0 Å². The van der Waals surface area contributed by atoms with Crippen LogP contribution in [0.5, 0.6) is 0 Å². The fraction of sp³-hybridized carbons (Fsp3) is 0.562. The minimum atomic E-state index is -0.389. The first-order valence-corrected chi connectivity index (χ1v) is 17.0. The Morgan fingerprint density at radius 2 is 1.75 bits per heavy atom. The molecule has 5 rings (SSSR count). The highest BCUT2D eigenvalue weighted by Crippen LogP contribution is 2.34.